The van der Waals surface area contributed by atoms with Gasteiger partial charge in [0.05, 0.1) is 6.42 Å². The van der Waals surface area contributed by atoms with Crippen molar-refractivity contribution < 1.29 is 4.79 Å². The van der Waals surface area contributed by atoms with Crippen LogP contribution in [0.1, 0.15) is 31.7 Å². The standard InChI is InChI=1S/C15H23N3O/c1-2-12-5-8-18(14(9-12)11-16)15(19)10-13-3-6-17-7-4-13/h3-4,6-7,12,14H,2,5,8-11,16H2,1H3. The van der Waals surface area contributed by atoms with Crippen molar-refractivity contribution in [2.24, 2.45) is 11.7 Å². The van der Waals surface area contributed by atoms with Gasteiger partial charge < -0.3 is 10.6 Å². The summed E-state index contributed by atoms with van der Waals surface area (Å²) < 4.78 is 0. The van der Waals surface area contributed by atoms with E-state index in [0.29, 0.717) is 13.0 Å². The summed E-state index contributed by atoms with van der Waals surface area (Å²) in [6, 6.07) is 4.01. The minimum Gasteiger partial charge on any atom is -0.338 e. The fraction of sp³-hybridized carbons (Fsp3) is 0.600. The average molecular weight is 261 g/mol. The minimum absolute atomic E-state index is 0.191. The predicted molar refractivity (Wildman–Crippen MR) is 75.5 cm³/mol. The highest BCUT2D eigenvalue weighted by atomic mass is 16.2. The third kappa shape index (κ3) is 3.53. The van der Waals surface area contributed by atoms with Crippen LogP contribution in [0.3, 0.4) is 0 Å². The molecule has 104 valence electrons. The van der Waals surface area contributed by atoms with Crippen molar-refractivity contribution in [3.63, 3.8) is 0 Å². The van der Waals surface area contributed by atoms with E-state index in [1.807, 2.05) is 17.0 Å². The molecular formula is C15H23N3O. The van der Waals surface area contributed by atoms with Gasteiger partial charge in [0.25, 0.3) is 0 Å². The summed E-state index contributed by atoms with van der Waals surface area (Å²) >= 11 is 0. The Hall–Kier alpha value is -1.42. The van der Waals surface area contributed by atoms with Gasteiger partial charge in [-0.15, -0.1) is 0 Å². The quantitative estimate of drug-likeness (QED) is 0.895. The third-order valence-electron chi connectivity index (χ3n) is 4.10. The topological polar surface area (TPSA) is 59.2 Å². The summed E-state index contributed by atoms with van der Waals surface area (Å²) in [5, 5.41) is 0. The van der Waals surface area contributed by atoms with Crippen LogP contribution >= 0.6 is 0 Å². The van der Waals surface area contributed by atoms with Gasteiger partial charge in [0.1, 0.15) is 0 Å². The molecule has 19 heavy (non-hydrogen) atoms. The summed E-state index contributed by atoms with van der Waals surface area (Å²) in [5.74, 6) is 0.912. The van der Waals surface area contributed by atoms with E-state index in [4.69, 9.17) is 5.73 Å². The molecule has 0 aromatic carbocycles. The zero-order valence-corrected chi connectivity index (χ0v) is 11.6. The lowest BCUT2D eigenvalue weighted by atomic mass is 9.88. The van der Waals surface area contributed by atoms with Gasteiger partial charge in [-0.1, -0.05) is 13.3 Å². The van der Waals surface area contributed by atoms with Gasteiger partial charge in [0.2, 0.25) is 5.91 Å². The molecule has 1 saturated heterocycles. The SMILES string of the molecule is CCC1CCN(C(=O)Cc2ccncc2)C(CN)C1. The monoisotopic (exact) mass is 261 g/mol. The highest BCUT2D eigenvalue weighted by molar-refractivity contribution is 5.79. The maximum Gasteiger partial charge on any atom is 0.227 e. The normalized spacial score (nSPS) is 23.4. The molecule has 0 spiro atoms. The number of nitrogens with two attached hydrogens (primary N) is 1. The Bertz CT molecular complexity index is 407. The summed E-state index contributed by atoms with van der Waals surface area (Å²) in [6.07, 6.45) is 7.25. The number of rotatable bonds is 4. The number of pyridine rings is 1. The van der Waals surface area contributed by atoms with Crippen molar-refractivity contribution in [3.05, 3.63) is 30.1 Å². The number of piperidine rings is 1. The van der Waals surface area contributed by atoms with Crippen molar-refractivity contribution in [1.29, 1.82) is 0 Å². The van der Waals surface area contributed by atoms with Gasteiger partial charge in [-0.3, -0.25) is 9.78 Å². The fourth-order valence-electron chi connectivity index (χ4n) is 2.83. The number of nitrogens with zero attached hydrogens (tertiary/aromatic N) is 2. The highest BCUT2D eigenvalue weighted by Crippen LogP contribution is 2.25. The van der Waals surface area contributed by atoms with E-state index in [9.17, 15) is 4.79 Å². The number of carbonyl (C=O) groups excluding carboxylic acids is 1. The van der Waals surface area contributed by atoms with Crippen LogP contribution in [-0.2, 0) is 11.2 Å². The zero-order chi connectivity index (χ0) is 13.7. The van der Waals surface area contributed by atoms with Crippen molar-refractivity contribution in [3.8, 4) is 0 Å². The van der Waals surface area contributed by atoms with Gasteiger partial charge in [0, 0.05) is 31.5 Å². The van der Waals surface area contributed by atoms with Crippen LogP contribution in [0.2, 0.25) is 0 Å². The van der Waals surface area contributed by atoms with Gasteiger partial charge in [0.15, 0.2) is 0 Å². The van der Waals surface area contributed by atoms with Gasteiger partial charge in [-0.25, -0.2) is 0 Å². The summed E-state index contributed by atoms with van der Waals surface area (Å²) in [6.45, 7) is 3.63. The Kier molecular flexibility index (Phi) is 4.91. The van der Waals surface area contributed by atoms with E-state index < -0.39 is 0 Å². The predicted octanol–water partition coefficient (Wildman–Crippen LogP) is 1.60. The summed E-state index contributed by atoms with van der Waals surface area (Å²) in [5.41, 5.74) is 6.86. The van der Waals surface area contributed by atoms with E-state index in [1.165, 1.54) is 6.42 Å². The molecule has 0 saturated carbocycles. The van der Waals surface area contributed by atoms with E-state index in [1.54, 1.807) is 12.4 Å². The number of carbonyl (C=O) groups is 1. The van der Waals surface area contributed by atoms with Gasteiger partial charge in [-0.2, -0.15) is 0 Å². The van der Waals surface area contributed by atoms with Crippen molar-refractivity contribution in [2.75, 3.05) is 13.1 Å². The molecule has 2 heterocycles. The van der Waals surface area contributed by atoms with Crippen LogP contribution in [-0.4, -0.2) is 34.9 Å². The Morgan fingerprint density at radius 2 is 2.21 bits per heavy atom. The van der Waals surface area contributed by atoms with Crippen LogP contribution in [0.25, 0.3) is 0 Å². The summed E-state index contributed by atoms with van der Waals surface area (Å²) in [7, 11) is 0. The number of aromatic nitrogens is 1. The van der Waals surface area contributed by atoms with Crippen LogP contribution < -0.4 is 5.73 Å². The minimum atomic E-state index is 0.191. The molecule has 2 unspecified atom stereocenters. The fourth-order valence-corrected chi connectivity index (χ4v) is 2.83. The summed E-state index contributed by atoms with van der Waals surface area (Å²) in [4.78, 5) is 18.3. The molecule has 1 aromatic rings. The maximum absolute atomic E-state index is 12.4. The Labute approximate surface area is 115 Å². The molecule has 0 aliphatic carbocycles. The number of likely N-dealkylation sites (tertiary alicyclic amines) is 1. The Morgan fingerprint density at radius 1 is 1.47 bits per heavy atom. The molecule has 0 radical (unpaired) electrons. The second-order valence-corrected chi connectivity index (χ2v) is 5.31. The third-order valence-corrected chi connectivity index (χ3v) is 4.10. The lowest BCUT2D eigenvalue weighted by molar-refractivity contribution is -0.134. The van der Waals surface area contributed by atoms with E-state index in [2.05, 4.69) is 11.9 Å². The number of hydrogen-bond donors (Lipinski definition) is 1. The lowest BCUT2D eigenvalue weighted by Gasteiger charge is -2.39. The second-order valence-electron chi connectivity index (χ2n) is 5.31. The van der Waals surface area contributed by atoms with Crippen molar-refractivity contribution >= 4 is 5.91 Å². The average Bonchev–Trinajstić information content (AvgIpc) is 2.47. The molecule has 1 fully saturated rings. The Balaban J connectivity index is 1.98. The van der Waals surface area contributed by atoms with E-state index >= 15 is 0 Å². The number of hydrogen-bond acceptors (Lipinski definition) is 3. The molecule has 2 N–H and O–H groups in total. The largest absolute Gasteiger partial charge is 0.338 e. The van der Waals surface area contributed by atoms with Crippen LogP contribution in [0, 0.1) is 5.92 Å². The second kappa shape index (κ2) is 6.66. The molecule has 1 aliphatic rings. The maximum atomic E-state index is 12.4. The molecule has 1 aliphatic heterocycles. The first kappa shape index (κ1) is 14.0. The van der Waals surface area contributed by atoms with Crippen LogP contribution in [0.4, 0.5) is 0 Å². The first-order valence-corrected chi connectivity index (χ1v) is 7.13. The first-order chi connectivity index (χ1) is 9.24. The molecule has 0 bridgehead atoms. The lowest BCUT2D eigenvalue weighted by Crippen LogP contribution is -2.50. The molecule has 1 aromatic heterocycles. The zero-order valence-electron chi connectivity index (χ0n) is 11.6. The smallest absolute Gasteiger partial charge is 0.227 e. The Morgan fingerprint density at radius 3 is 2.84 bits per heavy atom. The van der Waals surface area contributed by atoms with Gasteiger partial charge in [-0.05, 0) is 36.5 Å². The molecule has 2 atom stereocenters. The number of amides is 1. The van der Waals surface area contributed by atoms with Crippen LogP contribution in [0.5, 0.6) is 0 Å². The highest BCUT2D eigenvalue weighted by Gasteiger charge is 2.29. The van der Waals surface area contributed by atoms with Crippen LogP contribution in [0.15, 0.2) is 24.5 Å². The van der Waals surface area contributed by atoms with E-state index in [-0.39, 0.29) is 11.9 Å². The molecule has 1 amide bonds. The van der Waals surface area contributed by atoms with Gasteiger partial charge >= 0.3 is 0 Å². The molecule has 4 heteroatoms. The van der Waals surface area contributed by atoms with Crippen molar-refractivity contribution in [1.82, 2.24) is 9.88 Å². The molecule has 4 nitrogen and oxygen atoms in total. The molecular weight excluding hydrogens is 238 g/mol. The molecule has 2 rings (SSSR count). The first-order valence-electron chi connectivity index (χ1n) is 7.13. The van der Waals surface area contributed by atoms with E-state index in [0.717, 1.165) is 30.9 Å². The van der Waals surface area contributed by atoms with Crippen molar-refractivity contribution in [2.45, 2.75) is 38.6 Å².